The summed E-state index contributed by atoms with van der Waals surface area (Å²) in [7, 11) is 1.94. The lowest BCUT2D eigenvalue weighted by atomic mass is 9.84. The van der Waals surface area contributed by atoms with E-state index in [9.17, 15) is 0 Å². The Labute approximate surface area is 69.0 Å². The van der Waals surface area contributed by atoms with E-state index in [-0.39, 0.29) is 0 Å². The maximum Gasteiger partial charge on any atom is 0.0587 e. The smallest absolute Gasteiger partial charge is 0.0587 e. The van der Waals surface area contributed by atoms with Gasteiger partial charge in [-0.15, -0.1) is 0 Å². The molecule has 1 saturated carbocycles. The third-order valence-electron chi connectivity index (χ3n) is 2.79. The van der Waals surface area contributed by atoms with Crippen LogP contribution < -0.4 is 5.32 Å². The Morgan fingerprint density at radius 1 is 1.36 bits per heavy atom. The quantitative estimate of drug-likeness (QED) is 0.644. The molecular formula is C9H19NO. The van der Waals surface area contributed by atoms with Crippen LogP contribution in [0.4, 0.5) is 0 Å². The molecule has 66 valence electrons. The Bertz CT molecular complexity index is 95.7. The molecule has 0 spiro atoms. The number of aliphatic hydroxyl groups is 1. The van der Waals surface area contributed by atoms with Crippen molar-refractivity contribution in [1.29, 1.82) is 0 Å². The summed E-state index contributed by atoms with van der Waals surface area (Å²) in [6.45, 7) is 0.293. The van der Waals surface area contributed by atoms with Crippen LogP contribution in [0.1, 0.15) is 32.1 Å². The van der Waals surface area contributed by atoms with Gasteiger partial charge < -0.3 is 10.4 Å². The number of nitrogens with one attached hydrogen (secondary N) is 1. The van der Waals surface area contributed by atoms with Crippen molar-refractivity contribution in [3.05, 3.63) is 0 Å². The highest BCUT2D eigenvalue weighted by Gasteiger charge is 2.20. The molecule has 0 aromatic heterocycles. The standard InChI is InChI=1S/C9H19NO/c1-10-9(7-11)8-5-3-2-4-6-8/h8-11H,2-7H2,1H3/t9-/m0/s1. The highest BCUT2D eigenvalue weighted by atomic mass is 16.3. The maximum atomic E-state index is 9.02. The highest BCUT2D eigenvalue weighted by molar-refractivity contribution is 4.77. The number of hydrogen-bond donors (Lipinski definition) is 2. The minimum Gasteiger partial charge on any atom is -0.395 e. The first-order chi connectivity index (χ1) is 5.38. The summed E-state index contributed by atoms with van der Waals surface area (Å²) in [5, 5.41) is 12.2. The van der Waals surface area contributed by atoms with Crippen molar-refractivity contribution in [3.63, 3.8) is 0 Å². The fourth-order valence-corrected chi connectivity index (χ4v) is 2.01. The second-order valence-electron chi connectivity index (χ2n) is 3.48. The summed E-state index contributed by atoms with van der Waals surface area (Å²) in [5.41, 5.74) is 0. The lowest BCUT2D eigenvalue weighted by Gasteiger charge is -2.28. The largest absolute Gasteiger partial charge is 0.395 e. The molecule has 1 aliphatic rings. The number of hydrogen-bond acceptors (Lipinski definition) is 2. The summed E-state index contributed by atoms with van der Waals surface area (Å²) in [4.78, 5) is 0. The lowest BCUT2D eigenvalue weighted by Crippen LogP contribution is -2.37. The average molecular weight is 157 g/mol. The first-order valence-corrected chi connectivity index (χ1v) is 4.66. The molecule has 0 amide bonds. The van der Waals surface area contributed by atoms with Crippen molar-refractivity contribution in [3.8, 4) is 0 Å². The normalized spacial score (nSPS) is 23.5. The zero-order chi connectivity index (χ0) is 8.10. The summed E-state index contributed by atoms with van der Waals surface area (Å²) in [5.74, 6) is 0.721. The molecule has 0 aromatic rings. The van der Waals surface area contributed by atoms with E-state index in [1.165, 1.54) is 32.1 Å². The number of likely N-dealkylation sites (N-methyl/N-ethyl adjacent to an activating group) is 1. The second kappa shape index (κ2) is 4.73. The molecule has 1 aliphatic carbocycles. The molecule has 1 atom stereocenters. The van der Waals surface area contributed by atoms with Gasteiger partial charge in [-0.25, -0.2) is 0 Å². The summed E-state index contributed by atoms with van der Waals surface area (Å²) < 4.78 is 0. The van der Waals surface area contributed by atoms with Gasteiger partial charge >= 0.3 is 0 Å². The topological polar surface area (TPSA) is 32.3 Å². The second-order valence-corrected chi connectivity index (χ2v) is 3.48. The SMILES string of the molecule is CN[C@@H](CO)C1CCCCC1. The van der Waals surface area contributed by atoms with Gasteiger partial charge in [-0.1, -0.05) is 19.3 Å². The van der Waals surface area contributed by atoms with Gasteiger partial charge in [0.25, 0.3) is 0 Å². The van der Waals surface area contributed by atoms with E-state index < -0.39 is 0 Å². The summed E-state index contributed by atoms with van der Waals surface area (Å²) in [6.07, 6.45) is 6.68. The maximum absolute atomic E-state index is 9.02. The van der Waals surface area contributed by atoms with E-state index in [4.69, 9.17) is 5.11 Å². The van der Waals surface area contributed by atoms with Crippen LogP contribution in [0.3, 0.4) is 0 Å². The third kappa shape index (κ3) is 2.46. The highest BCUT2D eigenvalue weighted by Crippen LogP contribution is 2.25. The molecule has 0 aliphatic heterocycles. The molecule has 2 N–H and O–H groups in total. The molecule has 1 fully saturated rings. The zero-order valence-corrected chi connectivity index (χ0v) is 7.34. The van der Waals surface area contributed by atoms with Crippen LogP contribution in [0.2, 0.25) is 0 Å². The van der Waals surface area contributed by atoms with Crippen LogP contribution in [0.5, 0.6) is 0 Å². The monoisotopic (exact) mass is 157 g/mol. The Balaban J connectivity index is 2.30. The van der Waals surface area contributed by atoms with E-state index in [1.807, 2.05) is 7.05 Å². The minimum atomic E-state index is 0.293. The van der Waals surface area contributed by atoms with Crippen LogP contribution in [0, 0.1) is 5.92 Å². The van der Waals surface area contributed by atoms with Crippen molar-refractivity contribution in [2.45, 2.75) is 38.1 Å². The van der Waals surface area contributed by atoms with Crippen molar-refractivity contribution >= 4 is 0 Å². The molecule has 0 aromatic carbocycles. The molecule has 0 bridgehead atoms. The van der Waals surface area contributed by atoms with E-state index in [0.29, 0.717) is 12.6 Å². The van der Waals surface area contributed by atoms with Gasteiger partial charge in [0, 0.05) is 6.04 Å². The van der Waals surface area contributed by atoms with Crippen LogP contribution in [0.15, 0.2) is 0 Å². The van der Waals surface area contributed by atoms with E-state index in [2.05, 4.69) is 5.32 Å². The van der Waals surface area contributed by atoms with Gasteiger partial charge in [0.15, 0.2) is 0 Å². The Morgan fingerprint density at radius 2 is 2.00 bits per heavy atom. The fourth-order valence-electron chi connectivity index (χ4n) is 2.01. The van der Waals surface area contributed by atoms with Gasteiger partial charge in [0.05, 0.1) is 6.61 Å². The third-order valence-corrected chi connectivity index (χ3v) is 2.79. The van der Waals surface area contributed by atoms with E-state index in [0.717, 1.165) is 5.92 Å². The molecule has 0 heterocycles. The van der Waals surface area contributed by atoms with Crippen molar-refractivity contribution in [2.24, 2.45) is 5.92 Å². The lowest BCUT2D eigenvalue weighted by molar-refractivity contribution is 0.178. The molecule has 2 heteroatoms. The Morgan fingerprint density at radius 3 is 2.45 bits per heavy atom. The van der Waals surface area contributed by atoms with Gasteiger partial charge in [-0.3, -0.25) is 0 Å². The molecule has 0 saturated heterocycles. The van der Waals surface area contributed by atoms with Gasteiger partial charge in [0.1, 0.15) is 0 Å². The van der Waals surface area contributed by atoms with Crippen molar-refractivity contribution in [2.75, 3.05) is 13.7 Å². The Hall–Kier alpha value is -0.0800. The van der Waals surface area contributed by atoms with Gasteiger partial charge in [-0.05, 0) is 25.8 Å². The predicted octanol–water partition coefficient (Wildman–Crippen LogP) is 1.15. The summed E-state index contributed by atoms with van der Waals surface area (Å²) in [6, 6.07) is 0.343. The molecule has 0 radical (unpaired) electrons. The van der Waals surface area contributed by atoms with Crippen LogP contribution in [-0.2, 0) is 0 Å². The van der Waals surface area contributed by atoms with Gasteiger partial charge in [0.2, 0.25) is 0 Å². The van der Waals surface area contributed by atoms with Crippen LogP contribution in [-0.4, -0.2) is 24.8 Å². The van der Waals surface area contributed by atoms with E-state index >= 15 is 0 Å². The van der Waals surface area contributed by atoms with E-state index in [1.54, 1.807) is 0 Å². The van der Waals surface area contributed by atoms with Gasteiger partial charge in [-0.2, -0.15) is 0 Å². The molecule has 2 nitrogen and oxygen atoms in total. The summed E-state index contributed by atoms with van der Waals surface area (Å²) >= 11 is 0. The number of rotatable bonds is 3. The van der Waals surface area contributed by atoms with Crippen molar-refractivity contribution in [1.82, 2.24) is 5.32 Å². The first-order valence-electron chi connectivity index (χ1n) is 4.66. The molecule has 0 unspecified atom stereocenters. The minimum absolute atomic E-state index is 0.293. The van der Waals surface area contributed by atoms with Crippen molar-refractivity contribution < 1.29 is 5.11 Å². The average Bonchev–Trinajstić information content (AvgIpc) is 2.09. The first kappa shape index (κ1) is 9.01. The zero-order valence-electron chi connectivity index (χ0n) is 7.34. The Kier molecular flexibility index (Phi) is 3.87. The molecule has 11 heavy (non-hydrogen) atoms. The van der Waals surface area contributed by atoms with Crippen LogP contribution in [0.25, 0.3) is 0 Å². The molecular weight excluding hydrogens is 138 g/mol. The van der Waals surface area contributed by atoms with Crippen LogP contribution >= 0.6 is 0 Å². The molecule has 1 rings (SSSR count). The number of aliphatic hydroxyl groups excluding tert-OH is 1. The fraction of sp³-hybridized carbons (Fsp3) is 1.00. The predicted molar refractivity (Wildman–Crippen MR) is 46.5 cm³/mol.